The number of nitrogens with two attached hydrogens (primary N) is 1. The largest absolute Gasteiger partial charge is 0.508 e. The molecule has 1 aromatic rings. The third-order valence-corrected chi connectivity index (χ3v) is 1.55. The van der Waals surface area contributed by atoms with Crippen LogP contribution in [0.3, 0.4) is 0 Å². The van der Waals surface area contributed by atoms with Crippen molar-refractivity contribution < 1.29 is 9.90 Å². The Labute approximate surface area is 76.4 Å². The summed E-state index contributed by atoms with van der Waals surface area (Å²) >= 11 is 0. The lowest BCUT2D eigenvalue weighted by molar-refractivity contribution is -0.117. The van der Waals surface area contributed by atoms with Gasteiger partial charge >= 0.3 is 0 Å². The van der Waals surface area contributed by atoms with Crippen LogP contribution in [0, 0.1) is 0 Å². The monoisotopic (exact) mass is 180 g/mol. The molecule has 0 spiro atoms. The van der Waals surface area contributed by atoms with E-state index in [1.165, 1.54) is 12.1 Å². The summed E-state index contributed by atoms with van der Waals surface area (Å²) < 4.78 is 0. The third-order valence-electron chi connectivity index (χ3n) is 1.55. The van der Waals surface area contributed by atoms with E-state index in [0.29, 0.717) is 5.69 Å². The standard InChI is InChI=1S/C9H12N2O2/c1-6(10)9(13)11-7-2-4-8(12)5-3-7/h2-6,12H,10H2,1H3,(H,11,13)/t6-/m0/s1. The quantitative estimate of drug-likeness (QED) is 0.586. The summed E-state index contributed by atoms with van der Waals surface area (Å²) in [5.74, 6) is -0.0792. The molecule has 13 heavy (non-hydrogen) atoms. The van der Waals surface area contributed by atoms with E-state index in [9.17, 15) is 4.79 Å². The van der Waals surface area contributed by atoms with E-state index >= 15 is 0 Å². The topological polar surface area (TPSA) is 75.4 Å². The maximum Gasteiger partial charge on any atom is 0.240 e. The van der Waals surface area contributed by atoms with Crippen molar-refractivity contribution in [1.82, 2.24) is 0 Å². The molecule has 1 rings (SSSR count). The van der Waals surface area contributed by atoms with Gasteiger partial charge in [-0.3, -0.25) is 4.79 Å². The molecule has 0 aliphatic carbocycles. The first-order valence-electron chi connectivity index (χ1n) is 3.95. The van der Waals surface area contributed by atoms with Crippen LogP contribution in [0.4, 0.5) is 5.69 Å². The van der Waals surface area contributed by atoms with Crippen molar-refractivity contribution in [2.75, 3.05) is 5.32 Å². The number of amides is 1. The van der Waals surface area contributed by atoms with Crippen molar-refractivity contribution >= 4 is 11.6 Å². The van der Waals surface area contributed by atoms with Crippen molar-refractivity contribution in [2.24, 2.45) is 5.73 Å². The number of carbonyl (C=O) groups is 1. The number of rotatable bonds is 2. The number of benzene rings is 1. The molecule has 0 aromatic heterocycles. The Hall–Kier alpha value is -1.55. The lowest BCUT2D eigenvalue weighted by atomic mass is 10.3. The van der Waals surface area contributed by atoms with Crippen LogP contribution in [0.1, 0.15) is 6.92 Å². The van der Waals surface area contributed by atoms with Crippen molar-refractivity contribution in [3.63, 3.8) is 0 Å². The molecule has 1 amide bonds. The lowest BCUT2D eigenvalue weighted by Gasteiger charge is -2.06. The highest BCUT2D eigenvalue weighted by molar-refractivity contribution is 5.94. The zero-order valence-corrected chi connectivity index (χ0v) is 7.32. The molecule has 0 radical (unpaired) electrons. The van der Waals surface area contributed by atoms with Gasteiger partial charge < -0.3 is 16.2 Å². The molecule has 0 aliphatic heterocycles. The number of phenolic OH excluding ortho intramolecular Hbond substituents is 1. The van der Waals surface area contributed by atoms with Gasteiger partial charge in [0.2, 0.25) is 5.91 Å². The fourth-order valence-corrected chi connectivity index (χ4v) is 0.801. The Morgan fingerprint density at radius 3 is 2.46 bits per heavy atom. The zero-order valence-electron chi connectivity index (χ0n) is 7.32. The summed E-state index contributed by atoms with van der Waals surface area (Å²) in [4.78, 5) is 11.1. The maximum absolute atomic E-state index is 11.1. The minimum Gasteiger partial charge on any atom is -0.508 e. The minimum absolute atomic E-state index is 0.166. The number of aromatic hydroxyl groups is 1. The molecular weight excluding hydrogens is 168 g/mol. The predicted octanol–water partition coefficient (Wildman–Crippen LogP) is 0.678. The van der Waals surface area contributed by atoms with Gasteiger partial charge in [0.05, 0.1) is 6.04 Å². The third kappa shape index (κ3) is 2.76. The molecule has 4 heteroatoms. The highest BCUT2D eigenvalue weighted by Gasteiger charge is 2.06. The summed E-state index contributed by atoms with van der Waals surface area (Å²) in [6, 6.07) is 5.67. The van der Waals surface area contributed by atoms with Gasteiger partial charge in [0.25, 0.3) is 0 Å². The van der Waals surface area contributed by atoms with Crippen molar-refractivity contribution in [2.45, 2.75) is 13.0 Å². The summed E-state index contributed by atoms with van der Waals surface area (Å²) in [6.45, 7) is 1.61. The Morgan fingerprint density at radius 2 is 2.00 bits per heavy atom. The van der Waals surface area contributed by atoms with E-state index < -0.39 is 6.04 Å². The van der Waals surface area contributed by atoms with Gasteiger partial charge in [0.1, 0.15) is 5.75 Å². The van der Waals surface area contributed by atoms with Gasteiger partial charge in [-0.15, -0.1) is 0 Å². The first kappa shape index (κ1) is 9.54. The van der Waals surface area contributed by atoms with E-state index in [4.69, 9.17) is 10.8 Å². The highest BCUT2D eigenvalue weighted by Crippen LogP contribution is 2.13. The summed E-state index contributed by atoms with van der Waals surface area (Å²) in [5, 5.41) is 11.6. The van der Waals surface area contributed by atoms with Crippen LogP contribution in [-0.4, -0.2) is 17.1 Å². The molecule has 0 fully saturated rings. The molecule has 0 saturated carbocycles. The van der Waals surface area contributed by atoms with Crippen LogP contribution in [0.5, 0.6) is 5.75 Å². The second-order valence-corrected chi connectivity index (χ2v) is 2.82. The predicted molar refractivity (Wildman–Crippen MR) is 50.4 cm³/mol. The first-order chi connectivity index (χ1) is 6.09. The molecule has 0 aliphatic rings. The molecule has 1 atom stereocenters. The molecule has 0 saturated heterocycles. The van der Waals surface area contributed by atoms with Crippen LogP contribution < -0.4 is 11.1 Å². The second kappa shape index (κ2) is 3.91. The summed E-state index contributed by atoms with van der Waals surface area (Å²) in [7, 11) is 0. The van der Waals surface area contributed by atoms with Gasteiger partial charge in [0, 0.05) is 5.69 Å². The molecule has 0 heterocycles. The Balaban J connectivity index is 2.65. The molecule has 4 nitrogen and oxygen atoms in total. The Morgan fingerprint density at radius 1 is 1.46 bits per heavy atom. The summed E-state index contributed by atoms with van der Waals surface area (Å²) in [6.07, 6.45) is 0. The van der Waals surface area contributed by atoms with Gasteiger partial charge in [-0.05, 0) is 31.2 Å². The summed E-state index contributed by atoms with van der Waals surface area (Å²) in [5.41, 5.74) is 5.98. The van der Waals surface area contributed by atoms with E-state index in [0.717, 1.165) is 0 Å². The van der Waals surface area contributed by atoms with E-state index in [1.54, 1.807) is 19.1 Å². The molecule has 4 N–H and O–H groups in total. The van der Waals surface area contributed by atoms with Crippen LogP contribution in [0.15, 0.2) is 24.3 Å². The van der Waals surface area contributed by atoms with E-state index in [1.807, 2.05) is 0 Å². The van der Waals surface area contributed by atoms with Crippen LogP contribution in [0.2, 0.25) is 0 Å². The van der Waals surface area contributed by atoms with E-state index in [2.05, 4.69) is 5.32 Å². The van der Waals surface area contributed by atoms with Crippen LogP contribution in [0.25, 0.3) is 0 Å². The molecule has 0 unspecified atom stereocenters. The van der Waals surface area contributed by atoms with Crippen molar-refractivity contribution in [3.05, 3.63) is 24.3 Å². The number of nitrogens with one attached hydrogen (secondary N) is 1. The first-order valence-corrected chi connectivity index (χ1v) is 3.95. The molecule has 0 bridgehead atoms. The Bertz CT molecular complexity index is 293. The average Bonchev–Trinajstić information content (AvgIpc) is 2.08. The fraction of sp³-hybridized carbons (Fsp3) is 0.222. The highest BCUT2D eigenvalue weighted by atomic mass is 16.3. The van der Waals surface area contributed by atoms with Gasteiger partial charge in [-0.25, -0.2) is 0 Å². The number of phenols is 1. The normalized spacial score (nSPS) is 12.2. The zero-order chi connectivity index (χ0) is 9.84. The number of hydrogen-bond acceptors (Lipinski definition) is 3. The van der Waals surface area contributed by atoms with E-state index in [-0.39, 0.29) is 11.7 Å². The van der Waals surface area contributed by atoms with Crippen molar-refractivity contribution in [1.29, 1.82) is 0 Å². The Kier molecular flexibility index (Phi) is 2.87. The SMILES string of the molecule is C[C@H](N)C(=O)Nc1ccc(O)cc1. The van der Waals surface area contributed by atoms with Crippen LogP contribution in [-0.2, 0) is 4.79 Å². The number of hydrogen-bond donors (Lipinski definition) is 3. The van der Waals surface area contributed by atoms with Gasteiger partial charge in [-0.2, -0.15) is 0 Å². The second-order valence-electron chi connectivity index (χ2n) is 2.82. The molecule has 70 valence electrons. The molecule has 1 aromatic carbocycles. The minimum atomic E-state index is -0.534. The van der Waals surface area contributed by atoms with Crippen molar-refractivity contribution in [3.8, 4) is 5.75 Å². The van der Waals surface area contributed by atoms with Gasteiger partial charge in [0.15, 0.2) is 0 Å². The fourth-order valence-electron chi connectivity index (χ4n) is 0.801. The van der Waals surface area contributed by atoms with Gasteiger partial charge in [-0.1, -0.05) is 0 Å². The smallest absolute Gasteiger partial charge is 0.240 e. The number of carbonyl (C=O) groups excluding carboxylic acids is 1. The molecular formula is C9H12N2O2. The van der Waals surface area contributed by atoms with Crippen LogP contribution >= 0.6 is 0 Å². The lowest BCUT2D eigenvalue weighted by Crippen LogP contribution is -2.32. The average molecular weight is 180 g/mol. The number of anilines is 1. The maximum atomic E-state index is 11.1.